The molecule has 9 heteroatoms. The zero-order valence-corrected chi connectivity index (χ0v) is 15.8. The van der Waals surface area contributed by atoms with Gasteiger partial charge in [-0.15, -0.1) is 0 Å². The van der Waals surface area contributed by atoms with Gasteiger partial charge >= 0.3 is 12.1 Å². The molecule has 1 heterocycles. The number of halogens is 3. The zero-order chi connectivity index (χ0) is 21.6. The Morgan fingerprint density at radius 1 is 1.23 bits per heavy atom. The number of carbonyl (C=O) groups is 1. The molecule has 0 saturated heterocycles. The normalized spacial score (nSPS) is 14.1. The van der Waals surface area contributed by atoms with Crippen LogP contribution in [-0.4, -0.2) is 17.5 Å². The van der Waals surface area contributed by atoms with Gasteiger partial charge in [0.2, 0.25) is 0 Å². The zero-order valence-electron chi connectivity index (χ0n) is 15.8. The van der Waals surface area contributed by atoms with E-state index in [2.05, 4.69) is 0 Å². The Morgan fingerprint density at radius 2 is 1.90 bits per heavy atom. The number of fused-ring (bicyclic) bond motifs is 1. The van der Waals surface area contributed by atoms with Gasteiger partial charge in [-0.3, -0.25) is 10.1 Å². The van der Waals surface area contributed by atoms with Crippen LogP contribution in [0.2, 0.25) is 0 Å². The minimum absolute atomic E-state index is 0.0134. The molecule has 0 aliphatic heterocycles. The summed E-state index contributed by atoms with van der Waals surface area (Å²) in [4.78, 5) is 23.7. The molecule has 0 bridgehead atoms. The van der Waals surface area contributed by atoms with Crippen molar-refractivity contribution in [2.75, 3.05) is 6.61 Å². The fourth-order valence-corrected chi connectivity index (χ4v) is 3.45. The quantitative estimate of drug-likeness (QED) is 0.284. The molecule has 4 rings (SSSR count). The van der Waals surface area contributed by atoms with Crippen molar-refractivity contribution in [3.63, 3.8) is 0 Å². The van der Waals surface area contributed by atoms with Crippen LogP contribution < -0.4 is 0 Å². The predicted molar refractivity (Wildman–Crippen MR) is 101 cm³/mol. The lowest BCUT2D eigenvalue weighted by atomic mass is 10.0. The summed E-state index contributed by atoms with van der Waals surface area (Å²) < 4.78 is 49.5. The summed E-state index contributed by atoms with van der Waals surface area (Å²) in [6.45, 7) is 1.71. The number of alkyl halides is 3. The number of nitro groups is 1. The highest BCUT2D eigenvalue weighted by molar-refractivity contribution is 6.09. The lowest BCUT2D eigenvalue weighted by Crippen LogP contribution is -2.06. The van der Waals surface area contributed by atoms with Crippen molar-refractivity contribution in [3.8, 4) is 11.3 Å². The SMILES string of the molecule is CCOC(=O)c1c(-c2ccc(C(F)(F)F)cc2)oc2cc([N+](=O)[O-])c(C3CC3)cc12. The van der Waals surface area contributed by atoms with E-state index in [0.717, 1.165) is 25.0 Å². The maximum atomic E-state index is 12.9. The number of nitrogens with zero attached hydrogens (tertiary/aromatic N) is 1. The first-order chi connectivity index (χ1) is 14.2. The van der Waals surface area contributed by atoms with Gasteiger partial charge in [-0.1, -0.05) is 12.1 Å². The van der Waals surface area contributed by atoms with Crippen molar-refractivity contribution in [1.82, 2.24) is 0 Å². The summed E-state index contributed by atoms with van der Waals surface area (Å²) in [5, 5.41) is 11.8. The van der Waals surface area contributed by atoms with E-state index in [1.807, 2.05) is 0 Å². The molecule has 1 fully saturated rings. The van der Waals surface area contributed by atoms with E-state index in [0.29, 0.717) is 10.9 Å². The van der Waals surface area contributed by atoms with Crippen molar-refractivity contribution < 1.29 is 32.0 Å². The first-order valence-electron chi connectivity index (χ1n) is 9.30. The molecule has 0 unspecified atom stereocenters. The molecule has 0 N–H and O–H groups in total. The van der Waals surface area contributed by atoms with Crippen LogP contribution in [0.25, 0.3) is 22.3 Å². The minimum Gasteiger partial charge on any atom is -0.462 e. The average molecular weight is 419 g/mol. The van der Waals surface area contributed by atoms with Gasteiger partial charge in [-0.25, -0.2) is 4.79 Å². The highest BCUT2D eigenvalue weighted by Crippen LogP contribution is 2.47. The van der Waals surface area contributed by atoms with Gasteiger partial charge in [0, 0.05) is 16.5 Å². The summed E-state index contributed by atoms with van der Waals surface area (Å²) in [6.07, 6.45) is -2.88. The number of esters is 1. The Hall–Kier alpha value is -3.36. The van der Waals surface area contributed by atoms with Crippen molar-refractivity contribution in [2.24, 2.45) is 0 Å². The summed E-state index contributed by atoms with van der Waals surface area (Å²) >= 11 is 0. The molecule has 0 spiro atoms. The molecule has 0 atom stereocenters. The number of ether oxygens (including phenoxy) is 1. The molecular formula is C21H16F3NO5. The first-order valence-corrected chi connectivity index (χ1v) is 9.30. The Bertz CT molecular complexity index is 1140. The lowest BCUT2D eigenvalue weighted by molar-refractivity contribution is -0.385. The van der Waals surface area contributed by atoms with Crippen molar-refractivity contribution in [3.05, 3.63) is 63.2 Å². The number of hydrogen-bond acceptors (Lipinski definition) is 5. The molecule has 1 aliphatic carbocycles. The van der Waals surface area contributed by atoms with Crippen LogP contribution in [0.5, 0.6) is 0 Å². The van der Waals surface area contributed by atoms with Gasteiger partial charge in [0.15, 0.2) is 0 Å². The highest BCUT2D eigenvalue weighted by Gasteiger charge is 2.34. The maximum absolute atomic E-state index is 12.9. The fourth-order valence-electron chi connectivity index (χ4n) is 3.45. The highest BCUT2D eigenvalue weighted by atomic mass is 19.4. The molecule has 2 aromatic carbocycles. The van der Waals surface area contributed by atoms with Crippen LogP contribution in [0.1, 0.15) is 47.2 Å². The van der Waals surface area contributed by atoms with Crippen LogP contribution in [-0.2, 0) is 10.9 Å². The number of nitro benzene ring substituents is 1. The largest absolute Gasteiger partial charge is 0.462 e. The summed E-state index contributed by atoms with van der Waals surface area (Å²) in [7, 11) is 0. The van der Waals surface area contributed by atoms with E-state index in [9.17, 15) is 28.1 Å². The number of rotatable bonds is 5. The second-order valence-corrected chi connectivity index (χ2v) is 7.04. The molecule has 156 valence electrons. The standard InChI is InChI=1S/C21H16F3NO5/c1-2-29-20(26)18-15-9-14(11-3-4-11)16(25(27)28)10-17(15)30-19(18)12-5-7-13(8-6-12)21(22,23)24/h5-11H,2-4H2,1H3. The Balaban J connectivity index is 1.93. The van der Waals surface area contributed by atoms with Gasteiger partial charge in [0.1, 0.15) is 16.9 Å². The monoisotopic (exact) mass is 419 g/mol. The second-order valence-electron chi connectivity index (χ2n) is 7.04. The lowest BCUT2D eigenvalue weighted by Gasteiger charge is -2.07. The van der Waals surface area contributed by atoms with E-state index < -0.39 is 22.6 Å². The van der Waals surface area contributed by atoms with E-state index >= 15 is 0 Å². The molecule has 1 saturated carbocycles. The van der Waals surface area contributed by atoms with Gasteiger partial charge in [-0.2, -0.15) is 13.2 Å². The molecular weight excluding hydrogens is 403 g/mol. The van der Waals surface area contributed by atoms with Crippen LogP contribution in [0.4, 0.5) is 18.9 Å². The third-order valence-corrected chi connectivity index (χ3v) is 5.01. The van der Waals surface area contributed by atoms with Crippen molar-refractivity contribution in [1.29, 1.82) is 0 Å². The van der Waals surface area contributed by atoms with E-state index in [1.54, 1.807) is 13.0 Å². The molecule has 30 heavy (non-hydrogen) atoms. The summed E-state index contributed by atoms with van der Waals surface area (Å²) in [6, 6.07) is 6.98. The number of hydrogen-bond donors (Lipinski definition) is 0. The van der Waals surface area contributed by atoms with Crippen molar-refractivity contribution >= 4 is 22.6 Å². The molecule has 0 radical (unpaired) electrons. The average Bonchev–Trinajstić information content (AvgIpc) is 3.46. The molecule has 0 amide bonds. The van der Waals surface area contributed by atoms with Gasteiger partial charge in [-0.05, 0) is 43.9 Å². The van der Waals surface area contributed by atoms with Gasteiger partial charge in [0.25, 0.3) is 5.69 Å². The Morgan fingerprint density at radius 3 is 2.43 bits per heavy atom. The predicted octanol–water partition coefficient (Wildman–Crippen LogP) is 6.08. The molecule has 1 aromatic heterocycles. The number of carbonyl (C=O) groups excluding carboxylic acids is 1. The smallest absolute Gasteiger partial charge is 0.416 e. The number of furan rings is 1. The maximum Gasteiger partial charge on any atom is 0.416 e. The van der Waals surface area contributed by atoms with E-state index in [1.165, 1.54) is 18.2 Å². The van der Waals surface area contributed by atoms with Gasteiger partial charge in [0.05, 0.1) is 23.2 Å². The van der Waals surface area contributed by atoms with E-state index in [4.69, 9.17) is 9.15 Å². The number of benzene rings is 2. The minimum atomic E-state index is -4.50. The van der Waals surface area contributed by atoms with Crippen LogP contribution in [0.3, 0.4) is 0 Å². The van der Waals surface area contributed by atoms with Crippen LogP contribution in [0, 0.1) is 10.1 Å². The topological polar surface area (TPSA) is 82.6 Å². The molecule has 3 aromatic rings. The fraction of sp³-hybridized carbons (Fsp3) is 0.286. The second kappa shape index (κ2) is 7.16. The Labute approximate surface area is 168 Å². The molecule has 1 aliphatic rings. The van der Waals surface area contributed by atoms with Gasteiger partial charge < -0.3 is 9.15 Å². The summed E-state index contributed by atoms with van der Waals surface area (Å²) in [5.41, 5.74) is -0.0528. The summed E-state index contributed by atoms with van der Waals surface area (Å²) in [5.74, 6) is -0.657. The Kier molecular flexibility index (Phi) is 4.76. The third kappa shape index (κ3) is 3.51. The van der Waals surface area contributed by atoms with Crippen LogP contribution >= 0.6 is 0 Å². The van der Waals surface area contributed by atoms with Crippen LogP contribution in [0.15, 0.2) is 40.8 Å². The third-order valence-electron chi connectivity index (χ3n) is 5.01. The first kappa shape index (κ1) is 19.9. The van der Waals surface area contributed by atoms with Crippen molar-refractivity contribution in [2.45, 2.75) is 31.9 Å². The van der Waals surface area contributed by atoms with E-state index in [-0.39, 0.29) is 40.7 Å². The molecule has 6 nitrogen and oxygen atoms in total.